The first-order valence-corrected chi connectivity index (χ1v) is 9.93. The van der Waals surface area contributed by atoms with Gasteiger partial charge in [0, 0.05) is 24.3 Å². The van der Waals surface area contributed by atoms with Crippen LogP contribution in [0, 0.1) is 20.2 Å². The maximum absolute atomic E-state index is 11.4. The Bertz CT molecular complexity index is 973. The first-order valence-electron chi connectivity index (χ1n) is 9.93. The van der Waals surface area contributed by atoms with Gasteiger partial charge in [-0.2, -0.15) is 0 Å². The van der Waals surface area contributed by atoms with Gasteiger partial charge in [0.2, 0.25) is 0 Å². The summed E-state index contributed by atoms with van der Waals surface area (Å²) in [5, 5.41) is 29.1. The lowest BCUT2D eigenvalue weighted by molar-refractivity contribution is -0.385. The molecular formula is C22H27ClN2O10. The molecule has 0 saturated heterocycles. The summed E-state index contributed by atoms with van der Waals surface area (Å²) in [6.07, 6.45) is 0. The summed E-state index contributed by atoms with van der Waals surface area (Å²) < 4.78 is 15.1. The Kier molecular flexibility index (Phi) is 13.7. The molecule has 35 heavy (non-hydrogen) atoms. The number of carbonyl (C=O) groups excluding carboxylic acids is 1. The molecule has 0 aliphatic heterocycles. The third kappa shape index (κ3) is 14.3. The van der Waals surface area contributed by atoms with Crippen molar-refractivity contribution in [3.63, 3.8) is 0 Å². The Labute approximate surface area is 207 Å². The zero-order valence-corrected chi connectivity index (χ0v) is 20.2. The molecule has 0 spiro atoms. The van der Waals surface area contributed by atoms with Crippen LogP contribution in [-0.2, 0) is 37.0 Å². The van der Waals surface area contributed by atoms with Crippen molar-refractivity contribution in [1.29, 1.82) is 0 Å². The second-order valence-corrected chi connectivity index (χ2v) is 7.81. The van der Waals surface area contributed by atoms with E-state index in [2.05, 4.69) is 0 Å². The van der Waals surface area contributed by atoms with Gasteiger partial charge in [0.05, 0.1) is 23.1 Å². The molecule has 0 fully saturated rings. The fraction of sp³-hybridized carbons (Fsp3) is 0.364. The number of rotatable bonds is 10. The number of esters is 1. The van der Waals surface area contributed by atoms with E-state index in [0.717, 1.165) is 5.56 Å². The van der Waals surface area contributed by atoms with Crippen LogP contribution in [0.5, 0.6) is 0 Å². The van der Waals surface area contributed by atoms with Gasteiger partial charge in [0.1, 0.15) is 18.8 Å². The van der Waals surface area contributed by atoms with Crippen molar-refractivity contribution in [2.45, 2.75) is 39.6 Å². The summed E-state index contributed by atoms with van der Waals surface area (Å²) >= 11 is 0. The van der Waals surface area contributed by atoms with Gasteiger partial charge in [0.15, 0.2) is 0 Å². The number of nitro benzene ring substituents is 2. The molecule has 0 bridgehead atoms. The van der Waals surface area contributed by atoms with Gasteiger partial charge in [-0.25, -0.2) is 9.59 Å². The first-order chi connectivity index (χ1) is 15.9. The molecule has 13 heteroatoms. The summed E-state index contributed by atoms with van der Waals surface area (Å²) in [5.41, 5.74) is 0.942. The van der Waals surface area contributed by atoms with Gasteiger partial charge >= 0.3 is 11.9 Å². The second kappa shape index (κ2) is 15.3. The number of aliphatic carboxylic acids is 1. The van der Waals surface area contributed by atoms with Crippen LogP contribution in [0.25, 0.3) is 0 Å². The van der Waals surface area contributed by atoms with E-state index >= 15 is 0 Å². The first kappa shape index (κ1) is 31.4. The van der Waals surface area contributed by atoms with E-state index < -0.39 is 27.4 Å². The topological polar surface area (TPSA) is 168 Å². The highest BCUT2D eigenvalue weighted by atomic mass is 35.5. The Hall–Kier alpha value is -3.61. The number of nitrogens with zero attached hydrogens (tertiary/aromatic N) is 2. The van der Waals surface area contributed by atoms with Gasteiger partial charge in [-0.15, -0.1) is 12.4 Å². The lowest BCUT2D eigenvalue weighted by Gasteiger charge is -2.19. The number of hydrogen-bond donors (Lipinski definition) is 1. The van der Waals surface area contributed by atoms with E-state index in [9.17, 15) is 29.8 Å². The standard InChI is InChI=1S/C13H17NO5.C9H9NO5.ClH/c1-13(2,3)19-12(15)9-18-8-10-4-6-11(7-5-10)14(16)17;11-9(12)6-15-5-7-1-3-8(4-2-7)10(13)14;/h4-7H,8-9H2,1-3H3;1-4H,5-6H2,(H,11,12);1H. The molecule has 2 rings (SSSR count). The van der Waals surface area contributed by atoms with Crippen LogP contribution in [0.4, 0.5) is 11.4 Å². The van der Waals surface area contributed by atoms with Gasteiger partial charge in [0.25, 0.3) is 11.4 Å². The number of nitro groups is 2. The van der Waals surface area contributed by atoms with Crippen molar-refractivity contribution in [1.82, 2.24) is 0 Å². The lowest BCUT2D eigenvalue weighted by Crippen LogP contribution is -2.26. The number of ether oxygens (including phenoxy) is 3. The fourth-order valence-electron chi connectivity index (χ4n) is 2.31. The highest BCUT2D eigenvalue weighted by molar-refractivity contribution is 5.85. The smallest absolute Gasteiger partial charge is 0.332 e. The van der Waals surface area contributed by atoms with Crippen LogP contribution in [0.15, 0.2) is 48.5 Å². The number of carboxylic acids is 1. The summed E-state index contributed by atoms with van der Waals surface area (Å²) in [6, 6.07) is 11.7. The van der Waals surface area contributed by atoms with E-state index in [0.29, 0.717) is 5.56 Å². The molecular weight excluding hydrogens is 488 g/mol. The number of carbonyl (C=O) groups is 2. The maximum atomic E-state index is 11.4. The van der Waals surface area contributed by atoms with Crippen molar-refractivity contribution in [2.75, 3.05) is 13.2 Å². The normalized spacial score (nSPS) is 10.3. The van der Waals surface area contributed by atoms with Crippen LogP contribution in [-0.4, -0.2) is 45.7 Å². The summed E-state index contributed by atoms with van der Waals surface area (Å²) in [4.78, 5) is 41.3. The zero-order chi connectivity index (χ0) is 25.7. The molecule has 0 aromatic heterocycles. The molecule has 0 heterocycles. The molecule has 192 valence electrons. The molecule has 0 atom stereocenters. The molecule has 2 aromatic rings. The van der Waals surface area contributed by atoms with E-state index in [1.807, 2.05) is 0 Å². The summed E-state index contributed by atoms with van der Waals surface area (Å²) in [7, 11) is 0. The minimum absolute atomic E-state index is 0. The molecule has 1 N–H and O–H groups in total. The molecule has 0 unspecified atom stereocenters. The van der Waals surface area contributed by atoms with Crippen molar-refractivity contribution in [3.05, 3.63) is 79.9 Å². The van der Waals surface area contributed by atoms with E-state index in [1.165, 1.54) is 36.4 Å². The van der Waals surface area contributed by atoms with Crippen molar-refractivity contribution < 1.29 is 38.8 Å². The van der Waals surface area contributed by atoms with Gasteiger partial charge in [-0.3, -0.25) is 20.2 Å². The number of non-ortho nitro benzene ring substituents is 2. The Morgan fingerprint density at radius 2 is 1.17 bits per heavy atom. The largest absolute Gasteiger partial charge is 0.480 e. The van der Waals surface area contributed by atoms with Crippen molar-refractivity contribution in [2.24, 2.45) is 0 Å². The van der Waals surface area contributed by atoms with Gasteiger partial charge < -0.3 is 19.3 Å². The molecule has 2 aromatic carbocycles. The summed E-state index contributed by atoms with van der Waals surface area (Å²) in [5.74, 6) is -1.48. The quantitative estimate of drug-likeness (QED) is 0.277. The highest BCUT2D eigenvalue weighted by Gasteiger charge is 2.16. The van der Waals surface area contributed by atoms with E-state index in [4.69, 9.17) is 19.3 Å². The molecule has 0 aliphatic rings. The van der Waals surface area contributed by atoms with Gasteiger partial charge in [-0.1, -0.05) is 0 Å². The lowest BCUT2D eigenvalue weighted by atomic mass is 10.2. The minimum Gasteiger partial charge on any atom is -0.480 e. The predicted molar refractivity (Wildman–Crippen MR) is 126 cm³/mol. The molecule has 0 amide bonds. The van der Waals surface area contributed by atoms with Crippen molar-refractivity contribution >= 4 is 35.7 Å². The van der Waals surface area contributed by atoms with E-state index in [1.54, 1.807) is 32.9 Å². The highest BCUT2D eigenvalue weighted by Crippen LogP contribution is 2.13. The average molecular weight is 515 g/mol. The SMILES string of the molecule is CC(C)(C)OC(=O)COCc1ccc([N+](=O)[O-])cc1.Cl.O=C(O)COCc1ccc([N+](=O)[O-])cc1. The molecule has 12 nitrogen and oxygen atoms in total. The van der Waals surface area contributed by atoms with Crippen LogP contribution < -0.4 is 0 Å². The Morgan fingerprint density at radius 1 is 0.800 bits per heavy atom. The fourth-order valence-corrected chi connectivity index (χ4v) is 2.31. The Balaban J connectivity index is 0.000000659. The third-order valence-corrected chi connectivity index (χ3v) is 3.70. The second-order valence-electron chi connectivity index (χ2n) is 7.81. The van der Waals surface area contributed by atoms with Gasteiger partial charge in [-0.05, 0) is 56.2 Å². The van der Waals surface area contributed by atoms with Crippen LogP contribution >= 0.6 is 12.4 Å². The van der Waals surface area contributed by atoms with Crippen LogP contribution in [0.1, 0.15) is 31.9 Å². The maximum Gasteiger partial charge on any atom is 0.332 e. The molecule has 0 aliphatic carbocycles. The monoisotopic (exact) mass is 514 g/mol. The predicted octanol–water partition coefficient (Wildman–Crippen LogP) is 4.07. The Morgan fingerprint density at radius 3 is 1.49 bits per heavy atom. The number of carboxylic acid groups (broad SMARTS) is 1. The zero-order valence-electron chi connectivity index (χ0n) is 19.4. The average Bonchev–Trinajstić information content (AvgIpc) is 2.73. The molecule has 0 radical (unpaired) electrons. The van der Waals surface area contributed by atoms with Crippen LogP contribution in [0.3, 0.4) is 0 Å². The number of halogens is 1. The molecule has 0 saturated carbocycles. The van der Waals surface area contributed by atoms with Crippen LogP contribution in [0.2, 0.25) is 0 Å². The minimum atomic E-state index is -1.04. The van der Waals surface area contributed by atoms with E-state index in [-0.39, 0.29) is 50.2 Å². The third-order valence-electron chi connectivity index (χ3n) is 3.70. The number of hydrogen-bond acceptors (Lipinski definition) is 9. The van der Waals surface area contributed by atoms with Crippen molar-refractivity contribution in [3.8, 4) is 0 Å². The summed E-state index contributed by atoms with van der Waals surface area (Å²) in [6.45, 7) is 5.15. The number of benzene rings is 2.